The van der Waals surface area contributed by atoms with Gasteiger partial charge in [-0.05, 0) is 41.8 Å². The number of phenolic OH excluding ortho intramolecular Hbond substituents is 1. The van der Waals surface area contributed by atoms with Crippen LogP contribution in [0, 0.1) is 5.82 Å². The van der Waals surface area contributed by atoms with Crippen LogP contribution in [0.15, 0.2) is 36.4 Å². The third-order valence-electron chi connectivity index (χ3n) is 3.74. The number of carbonyl (C=O) groups is 1. The van der Waals surface area contributed by atoms with E-state index in [1.165, 1.54) is 12.1 Å². The molecule has 1 aliphatic rings. The minimum atomic E-state index is -0.344. The lowest BCUT2D eigenvalue weighted by Crippen LogP contribution is -2.27. The van der Waals surface area contributed by atoms with E-state index in [4.69, 9.17) is 9.47 Å². The van der Waals surface area contributed by atoms with Crippen molar-refractivity contribution in [1.29, 1.82) is 0 Å². The Morgan fingerprint density at radius 3 is 3.00 bits per heavy atom. The highest BCUT2D eigenvalue weighted by Gasteiger charge is 2.17. The third kappa shape index (κ3) is 4.02. The Morgan fingerprint density at radius 2 is 2.17 bits per heavy atom. The van der Waals surface area contributed by atoms with Gasteiger partial charge in [0.1, 0.15) is 17.3 Å². The van der Waals surface area contributed by atoms with Crippen molar-refractivity contribution in [1.82, 2.24) is 5.32 Å². The van der Waals surface area contributed by atoms with Gasteiger partial charge in [-0.1, -0.05) is 12.1 Å². The quantitative estimate of drug-likeness (QED) is 0.882. The van der Waals surface area contributed by atoms with E-state index in [0.29, 0.717) is 36.4 Å². The number of phenols is 1. The fourth-order valence-electron chi connectivity index (χ4n) is 2.69. The Morgan fingerprint density at radius 1 is 1.29 bits per heavy atom. The van der Waals surface area contributed by atoms with E-state index in [0.717, 1.165) is 5.56 Å². The van der Waals surface area contributed by atoms with Crippen molar-refractivity contribution in [3.8, 4) is 11.5 Å². The predicted octanol–water partition coefficient (Wildman–Crippen LogP) is 2.30. The van der Waals surface area contributed by atoms with E-state index in [1.54, 1.807) is 24.3 Å². The first-order chi connectivity index (χ1) is 11.6. The van der Waals surface area contributed by atoms with Crippen molar-refractivity contribution >= 4 is 5.91 Å². The SMILES string of the molecule is O=C(Cc1cccc(O)c1)NCCc1cc(F)cc2c1OCOC2. The highest BCUT2D eigenvalue weighted by atomic mass is 19.1. The van der Waals surface area contributed by atoms with Crippen LogP contribution in [0.2, 0.25) is 0 Å². The molecule has 6 heteroatoms. The smallest absolute Gasteiger partial charge is 0.224 e. The maximum Gasteiger partial charge on any atom is 0.224 e. The van der Waals surface area contributed by atoms with Crippen molar-refractivity contribution in [2.24, 2.45) is 0 Å². The van der Waals surface area contributed by atoms with Crippen LogP contribution in [-0.2, 0) is 29.0 Å². The number of rotatable bonds is 5. The maximum absolute atomic E-state index is 13.6. The zero-order chi connectivity index (χ0) is 16.9. The van der Waals surface area contributed by atoms with Crippen LogP contribution < -0.4 is 10.1 Å². The monoisotopic (exact) mass is 331 g/mol. The fourth-order valence-corrected chi connectivity index (χ4v) is 2.69. The average Bonchev–Trinajstić information content (AvgIpc) is 2.54. The topological polar surface area (TPSA) is 67.8 Å². The molecule has 0 spiro atoms. The number of halogens is 1. The number of fused-ring (bicyclic) bond motifs is 1. The van der Waals surface area contributed by atoms with Gasteiger partial charge in [0.2, 0.25) is 5.91 Å². The Bertz CT molecular complexity index is 748. The summed E-state index contributed by atoms with van der Waals surface area (Å²) < 4.78 is 24.2. The first-order valence-corrected chi connectivity index (χ1v) is 7.68. The summed E-state index contributed by atoms with van der Waals surface area (Å²) in [6, 6.07) is 9.39. The normalized spacial score (nSPS) is 13.0. The molecule has 0 bridgehead atoms. The molecule has 0 saturated heterocycles. The van der Waals surface area contributed by atoms with Gasteiger partial charge in [0.25, 0.3) is 0 Å². The molecule has 0 fully saturated rings. The fraction of sp³-hybridized carbons (Fsp3) is 0.278. The largest absolute Gasteiger partial charge is 0.508 e. The summed E-state index contributed by atoms with van der Waals surface area (Å²) in [4.78, 5) is 12.0. The van der Waals surface area contributed by atoms with E-state index >= 15 is 0 Å². The zero-order valence-electron chi connectivity index (χ0n) is 13.0. The first-order valence-electron chi connectivity index (χ1n) is 7.68. The lowest BCUT2D eigenvalue weighted by atomic mass is 10.1. The number of benzene rings is 2. The number of aromatic hydroxyl groups is 1. The van der Waals surface area contributed by atoms with Crippen LogP contribution in [0.1, 0.15) is 16.7 Å². The van der Waals surface area contributed by atoms with Crippen molar-refractivity contribution in [3.63, 3.8) is 0 Å². The summed E-state index contributed by atoms with van der Waals surface area (Å²) in [5.41, 5.74) is 2.13. The molecule has 2 N–H and O–H groups in total. The van der Waals surface area contributed by atoms with Crippen LogP contribution in [0.5, 0.6) is 11.5 Å². The van der Waals surface area contributed by atoms with Gasteiger partial charge in [0.15, 0.2) is 6.79 Å². The number of ether oxygens (including phenoxy) is 2. The second-order valence-electron chi connectivity index (χ2n) is 5.61. The van der Waals surface area contributed by atoms with Crippen molar-refractivity contribution in [3.05, 3.63) is 58.9 Å². The highest BCUT2D eigenvalue weighted by molar-refractivity contribution is 5.78. The molecule has 3 rings (SSSR count). The van der Waals surface area contributed by atoms with Gasteiger partial charge < -0.3 is 19.9 Å². The molecule has 0 aliphatic carbocycles. The minimum Gasteiger partial charge on any atom is -0.508 e. The molecular weight excluding hydrogens is 313 g/mol. The lowest BCUT2D eigenvalue weighted by molar-refractivity contribution is -0.120. The molecule has 1 heterocycles. The molecule has 0 atom stereocenters. The minimum absolute atomic E-state index is 0.131. The first kappa shape index (κ1) is 16.3. The van der Waals surface area contributed by atoms with Gasteiger partial charge in [-0.3, -0.25) is 4.79 Å². The van der Waals surface area contributed by atoms with Crippen LogP contribution >= 0.6 is 0 Å². The van der Waals surface area contributed by atoms with Crippen molar-refractivity contribution in [2.75, 3.05) is 13.3 Å². The second-order valence-corrected chi connectivity index (χ2v) is 5.61. The Hall–Kier alpha value is -2.60. The van der Waals surface area contributed by atoms with Crippen LogP contribution in [0.3, 0.4) is 0 Å². The molecule has 0 aromatic heterocycles. The summed E-state index contributed by atoms with van der Waals surface area (Å²) in [6.07, 6.45) is 0.645. The van der Waals surface area contributed by atoms with Crippen molar-refractivity contribution < 1.29 is 23.8 Å². The van der Waals surface area contributed by atoms with Gasteiger partial charge in [-0.25, -0.2) is 4.39 Å². The standard InChI is InChI=1S/C18H18FNO4/c19-15-8-13(18-14(9-15)10-23-11-24-18)4-5-20-17(22)7-12-2-1-3-16(21)6-12/h1-3,6,8-9,21H,4-5,7,10-11H2,(H,20,22). The summed E-state index contributed by atoms with van der Waals surface area (Å²) in [6.45, 7) is 0.844. The highest BCUT2D eigenvalue weighted by Crippen LogP contribution is 2.29. The van der Waals surface area contributed by atoms with Gasteiger partial charge in [-0.15, -0.1) is 0 Å². The number of carbonyl (C=O) groups excluding carboxylic acids is 1. The Balaban J connectivity index is 1.56. The number of nitrogens with one attached hydrogen (secondary N) is 1. The van der Waals surface area contributed by atoms with Gasteiger partial charge in [0, 0.05) is 12.1 Å². The maximum atomic E-state index is 13.6. The molecule has 2 aromatic carbocycles. The molecule has 0 unspecified atom stereocenters. The third-order valence-corrected chi connectivity index (χ3v) is 3.74. The van der Waals surface area contributed by atoms with Crippen LogP contribution in [-0.4, -0.2) is 24.4 Å². The zero-order valence-corrected chi connectivity index (χ0v) is 13.0. The van der Waals surface area contributed by atoms with E-state index in [9.17, 15) is 14.3 Å². The Labute approximate surface area is 139 Å². The molecule has 1 aliphatic heterocycles. The second kappa shape index (κ2) is 7.31. The lowest BCUT2D eigenvalue weighted by Gasteiger charge is -2.21. The average molecular weight is 331 g/mol. The van der Waals surface area contributed by atoms with Crippen LogP contribution in [0.25, 0.3) is 0 Å². The molecular formula is C18H18FNO4. The van der Waals surface area contributed by atoms with Crippen molar-refractivity contribution in [2.45, 2.75) is 19.4 Å². The van der Waals surface area contributed by atoms with E-state index in [2.05, 4.69) is 5.32 Å². The molecule has 2 aromatic rings. The predicted molar refractivity (Wildman–Crippen MR) is 85.2 cm³/mol. The summed E-state index contributed by atoms with van der Waals surface area (Å²) in [7, 11) is 0. The summed E-state index contributed by atoms with van der Waals surface area (Å²) >= 11 is 0. The number of amides is 1. The molecule has 0 radical (unpaired) electrons. The van der Waals surface area contributed by atoms with E-state index in [-0.39, 0.29) is 30.7 Å². The molecule has 126 valence electrons. The van der Waals surface area contributed by atoms with Gasteiger partial charge >= 0.3 is 0 Å². The van der Waals surface area contributed by atoms with E-state index < -0.39 is 0 Å². The summed E-state index contributed by atoms with van der Waals surface area (Å²) in [5.74, 6) is 0.273. The van der Waals surface area contributed by atoms with Gasteiger partial charge in [-0.2, -0.15) is 0 Å². The molecule has 24 heavy (non-hydrogen) atoms. The molecule has 0 saturated carbocycles. The number of hydrogen-bond donors (Lipinski definition) is 2. The Kier molecular flexibility index (Phi) is 4.96. The van der Waals surface area contributed by atoms with E-state index in [1.807, 2.05) is 0 Å². The number of hydrogen-bond acceptors (Lipinski definition) is 4. The molecule has 1 amide bonds. The molecule has 5 nitrogen and oxygen atoms in total. The van der Waals surface area contributed by atoms with Gasteiger partial charge in [0.05, 0.1) is 13.0 Å². The summed E-state index contributed by atoms with van der Waals surface area (Å²) in [5, 5.41) is 12.2. The van der Waals surface area contributed by atoms with Crippen LogP contribution in [0.4, 0.5) is 4.39 Å².